The van der Waals surface area contributed by atoms with E-state index >= 15 is 0 Å². The van der Waals surface area contributed by atoms with Gasteiger partial charge in [-0.2, -0.15) is 17.2 Å². The van der Waals surface area contributed by atoms with Crippen LogP contribution in [0.15, 0.2) is 29.4 Å². The second-order valence-corrected chi connectivity index (χ2v) is 8.52. The molecule has 0 unspecified atom stereocenters. The minimum atomic E-state index is -4.92. The van der Waals surface area contributed by atoms with E-state index in [-0.39, 0.29) is 12.0 Å². The van der Waals surface area contributed by atoms with Gasteiger partial charge in [-0.15, -0.1) is 0 Å². The van der Waals surface area contributed by atoms with Crippen LogP contribution in [0, 0.1) is 0 Å². The van der Waals surface area contributed by atoms with Crippen LogP contribution in [0.4, 0.5) is 8.78 Å². The van der Waals surface area contributed by atoms with E-state index in [1.807, 2.05) is 0 Å². The van der Waals surface area contributed by atoms with Crippen LogP contribution < -0.4 is 4.74 Å². The molecule has 0 aliphatic heterocycles. The molecule has 7 nitrogen and oxygen atoms in total. The zero-order valence-electron chi connectivity index (χ0n) is 13.2. The second kappa shape index (κ2) is 7.43. The summed E-state index contributed by atoms with van der Waals surface area (Å²) in [5, 5.41) is -1.50. The Morgan fingerprint density at radius 2 is 1.71 bits per heavy atom. The smallest absolute Gasteiger partial charge is 0.390 e. The molecule has 0 aromatic heterocycles. The summed E-state index contributed by atoms with van der Waals surface area (Å²) in [5.74, 6) is -0.114. The minimum absolute atomic E-state index is 0.179. The Morgan fingerprint density at radius 1 is 1.17 bits per heavy atom. The summed E-state index contributed by atoms with van der Waals surface area (Å²) in [6.07, 6.45) is 0.491. The molecule has 136 valence electrons. The maximum Gasteiger partial charge on any atom is 0.390 e. The first-order valence-electron chi connectivity index (χ1n) is 6.66. The minimum Gasteiger partial charge on any atom is -0.497 e. The van der Waals surface area contributed by atoms with Crippen molar-refractivity contribution in [3.63, 3.8) is 0 Å². The van der Waals surface area contributed by atoms with Gasteiger partial charge in [0.05, 0.1) is 12.9 Å². The zero-order valence-corrected chi connectivity index (χ0v) is 14.8. The summed E-state index contributed by atoms with van der Waals surface area (Å²) in [4.78, 5) is 0. The molecule has 0 N–H and O–H groups in total. The number of ether oxygens (including phenoxy) is 1. The topological polar surface area (TPSA) is 99.1 Å². The average molecular weight is 385 g/mol. The van der Waals surface area contributed by atoms with E-state index in [9.17, 15) is 25.6 Å². The summed E-state index contributed by atoms with van der Waals surface area (Å²) in [5.41, 5.74) is -1.65. The summed E-state index contributed by atoms with van der Waals surface area (Å²) < 4.78 is 83.2. The van der Waals surface area contributed by atoms with Gasteiger partial charge in [-0.3, -0.25) is 4.28 Å². The molecule has 1 aromatic rings. The zero-order chi connectivity index (χ0) is 18.6. The predicted octanol–water partition coefficient (Wildman–Crippen LogP) is 1.79. The van der Waals surface area contributed by atoms with Crippen LogP contribution in [0.25, 0.3) is 0 Å². The van der Waals surface area contributed by atoms with Crippen molar-refractivity contribution in [1.82, 2.24) is 0 Å². The molecule has 0 heterocycles. The van der Waals surface area contributed by atoms with E-state index < -0.39 is 36.7 Å². The van der Waals surface area contributed by atoms with E-state index in [4.69, 9.17) is 4.74 Å². The normalized spacial score (nSPS) is 13.6. The Morgan fingerprint density at radius 3 is 2.12 bits per heavy atom. The fraction of sp³-hybridized carbons (Fsp3) is 0.462. The Labute approximate surface area is 139 Å². The molecule has 0 bridgehead atoms. The molecular formula is C13H17F2NO6S2. The summed E-state index contributed by atoms with van der Waals surface area (Å²) in [6, 6.07) is 4.83. The van der Waals surface area contributed by atoms with E-state index in [1.54, 1.807) is 6.92 Å². The van der Waals surface area contributed by atoms with E-state index in [2.05, 4.69) is 9.44 Å². The highest BCUT2D eigenvalue weighted by Crippen LogP contribution is 2.28. The molecule has 0 saturated carbocycles. The molecule has 0 amide bonds. The highest BCUT2D eigenvalue weighted by Gasteiger charge is 2.48. The van der Waals surface area contributed by atoms with Gasteiger partial charge in [0.1, 0.15) is 5.75 Å². The van der Waals surface area contributed by atoms with Gasteiger partial charge in [-0.25, -0.2) is 8.42 Å². The highest BCUT2D eigenvalue weighted by atomic mass is 32.2. The van der Waals surface area contributed by atoms with Crippen molar-refractivity contribution in [3.8, 4) is 5.75 Å². The SMILES string of the molecule is CCCS(=O)(=O)ON=C(c1ccc(OC)cc1)C(F)(F)S(C)(=O)=O. The molecule has 0 spiro atoms. The highest BCUT2D eigenvalue weighted by molar-refractivity contribution is 7.92. The van der Waals surface area contributed by atoms with Gasteiger partial charge in [0.2, 0.25) is 9.84 Å². The summed E-state index contributed by atoms with van der Waals surface area (Å²) >= 11 is 0. The Kier molecular flexibility index (Phi) is 6.28. The van der Waals surface area contributed by atoms with Crippen LogP contribution in [-0.4, -0.2) is 46.9 Å². The lowest BCUT2D eigenvalue weighted by Gasteiger charge is -2.16. The summed E-state index contributed by atoms with van der Waals surface area (Å²) in [6.45, 7) is 1.54. The van der Waals surface area contributed by atoms with Crippen LogP contribution in [0.1, 0.15) is 18.9 Å². The molecule has 0 saturated heterocycles. The number of sulfone groups is 1. The standard InChI is InChI=1S/C13H17F2NO6S2/c1-4-9-24(19,20)22-16-12(13(14,15)23(3,17)18)10-5-7-11(21-2)8-6-10/h5-8H,4,9H2,1-3H3. The Bertz CT molecular complexity index is 801. The largest absolute Gasteiger partial charge is 0.497 e. The molecule has 0 aliphatic rings. The second-order valence-electron chi connectivity index (χ2n) is 4.79. The maximum atomic E-state index is 14.2. The number of halogens is 2. The van der Waals surface area contributed by atoms with E-state index in [0.29, 0.717) is 12.0 Å². The first kappa shape index (κ1) is 20.3. The number of hydrogen-bond donors (Lipinski definition) is 0. The van der Waals surface area contributed by atoms with Gasteiger partial charge in [-0.05, 0) is 30.7 Å². The summed E-state index contributed by atoms with van der Waals surface area (Å²) in [7, 11) is -7.75. The van der Waals surface area contributed by atoms with Crippen molar-refractivity contribution in [1.29, 1.82) is 0 Å². The number of nitrogens with zero attached hydrogens (tertiary/aromatic N) is 1. The first-order valence-corrected chi connectivity index (χ1v) is 10.1. The molecule has 1 rings (SSSR count). The molecule has 0 radical (unpaired) electrons. The van der Waals surface area contributed by atoms with Crippen molar-refractivity contribution < 1.29 is 34.6 Å². The van der Waals surface area contributed by atoms with Crippen LogP contribution in [0.2, 0.25) is 0 Å². The van der Waals surface area contributed by atoms with Gasteiger partial charge >= 0.3 is 15.4 Å². The van der Waals surface area contributed by atoms with Crippen molar-refractivity contribution in [3.05, 3.63) is 29.8 Å². The van der Waals surface area contributed by atoms with Crippen LogP contribution in [0.5, 0.6) is 5.75 Å². The van der Waals surface area contributed by atoms with Gasteiger partial charge in [0, 0.05) is 11.8 Å². The Hall–Kier alpha value is -1.75. The maximum absolute atomic E-state index is 14.2. The number of methoxy groups -OCH3 is 1. The molecule has 0 atom stereocenters. The van der Waals surface area contributed by atoms with Crippen LogP contribution in [0.3, 0.4) is 0 Å². The third-order valence-corrected chi connectivity index (χ3v) is 5.14. The fourth-order valence-corrected chi connectivity index (χ4v) is 2.85. The number of benzene rings is 1. The third kappa shape index (κ3) is 4.87. The van der Waals surface area contributed by atoms with Crippen LogP contribution in [-0.2, 0) is 24.2 Å². The number of oxime groups is 1. The number of hydrogen-bond acceptors (Lipinski definition) is 7. The number of alkyl halides is 2. The van der Waals surface area contributed by atoms with Gasteiger partial charge in [0.25, 0.3) is 0 Å². The van der Waals surface area contributed by atoms with E-state index in [0.717, 1.165) is 12.1 Å². The lowest BCUT2D eigenvalue weighted by Crippen LogP contribution is -2.38. The van der Waals surface area contributed by atoms with Crippen molar-refractivity contribution >= 4 is 25.7 Å². The van der Waals surface area contributed by atoms with Gasteiger partial charge in [0.15, 0.2) is 5.71 Å². The molecular weight excluding hydrogens is 368 g/mol. The third-order valence-electron chi connectivity index (χ3n) is 2.80. The molecule has 0 fully saturated rings. The van der Waals surface area contributed by atoms with E-state index in [1.165, 1.54) is 19.2 Å². The van der Waals surface area contributed by atoms with Crippen LogP contribution >= 0.6 is 0 Å². The molecule has 24 heavy (non-hydrogen) atoms. The lowest BCUT2D eigenvalue weighted by atomic mass is 10.1. The molecule has 11 heteroatoms. The lowest BCUT2D eigenvalue weighted by molar-refractivity contribution is 0.165. The van der Waals surface area contributed by atoms with Gasteiger partial charge < -0.3 is 4.74 Å². The monoisotopic (exact) mass is 385 g/mol. The molecule has 0 aliphatic carbocycles. The molecule has 1 aromatic carbocycles. The van der Waals surface area contributed by atoms with Crippen molar-refractivity contribution in [2.75, 3.05) is 19.1 Å². The van der Waals surface area contributed by atoms with Gasteiger partial charge in [-0.1, -0.05) is 12.1 Å². The first-order chi connectivity index (χ1) is 10.9. The fourth-order valence-electron chi connectivity index (χ4n) is 1.58. The average Bonchev–Trinajstić information content (AvgIpc) is 2.46. The van der Waals surface area contributed by atoms with Crippen molar-refractivity contribution in [2.24, 2.45) is 5.16 Å². The Balaban J connectivity index is 3.41. The van der Waals surface area contributed by atoms with Crippen molar-refractivity contribution in [2.45, 2.75) is 18.6 Å². The predicted molar refractivity (Wildman–Crippen MR) is 84.5 cm³/mol. The quantitative estimate of drug-likeness (QED) is 0.500. The number of rotatable bonds is 8.